The molecule has 1 atom stereocenters. The fourth-order valence-corrected chi connectivity index (χ4v) is 2.42. The van der Waals surface area contributed by atoms with E-state index >= 15 is 0 Å². The summed E-state index contributed by atoms with van der Waals surface area (Å²) in [6.45, 7) is 0. The van der Waals surface area contributed by atoms with Gasteiger partial charge in [0, 0.05) is 11.0 Å². The van der Waals surface area contributed by atoms with Gasteiger partial charge in [0.1, 0.15) is 0 Å². The van der Waals surface area contributed by atoms with Crippen molar-refractivity contribution in [3.63, 3.8) is 0 Å². The Kier molecular flexibility index (Phi) is 1.82. The Balaban J connectivity index is 2.63. The van der Waals surface area contributed by atoms with Crippen LogP contribution >= 0.6 is 11.2 Å². The zero-order valence-corrected chi connectivity index (χ0v) is 7.44. The normalized spacial score (nSPS) is 21.5. The summed E-state index contributed by atoms with van der Waals surface area (Å²) < 4.78 is 9.44. The SMILES string of the molecule is O=[N+]([O-])c1cccc2c1C=C[SH]2O. The van der Waals surface area contributed by atoms with Gasteiger partial charge >= 0.3 is 0 Å². The van der Waals surface area contributed by atoms with Gasteiger partial charge in [-0.3, -0.25) is 10.1 Å². The van der Waals surface area contributed by atoms with E-state index in [1.54, 1.807) is 23.6 Å². The van der Waals surface area contributed by atoms with Gasteiger partial charge in [-0.25, -0.2) is 0 Å². The van der Waals surface area contributed by atoms with Crippen LogP contribution in [0.1, 0.15) is 5.56 Å². The van der Waals surface area contributed by atoms with Crippen molar-refractivity contribution in [3.8, 4) is 0 Å². The van der Waals surface area contributed by atoms with E-state index in [4.69, 9.17) is 0 Å². The van der Waals surface area contributed by atoms with E-state index in [0.29, 0.717) is 10.5 Å². The molecule has 1 N–H and O–H groups in total. The van der Waals surface area contributed by atoms with Gasteiger partial charge in [0.25, 0.3) is 5.69 Å². The van der Waals surface area contributed by atoms with Crippen LogP contribution in [0.5, 0.6) is 0 Å². The van der Waals surface area contributed by atoms with Gasteiger partial charge in [-0.15, -0.1) is 11.2 Å². The van der Waals surface area contributed by atoms with Gasteiger partial charge < -0.3 is 4.55 Å². The molecule has 1 aromatic carbocycles. The van der Waals surface area contributed by atoms with Gasteiger partial charge in [0.05, 0.1) is 10.5 Å². The van der Waals surface area contributed by atoms with Crippen LogP contribution < -0.4 is 0 Å². The molecule has 0 spiro atoms. The Morgan fingerprint density at radius 2 is 2.23 bits per heavy atom. The topological polar surface area (TPSA) is 63.4 Å². The van der Waals surface area contributed by atoms with Crippen molar-refractivity contribution in [2.75, 3.05) is 0 Å². The zero-order valence-electron chi connectivity index (χ0n) is 6.54. The van der Waals surface area contributed by atoms with E-state index in [9.17, 15) is 14.7 Å². The summed E-state index contributed by atoms with van der Waals surface area (Å²) in [6, 6.07) is 4.75. The molecule has 5 heteroatoms. The molecule has 1 heterocycles. The molecule has 0 saturated heterocycles. The molecular weight excluding hydrogens is 190 g/mol. The van der Waals surface area contributed by atoms with E-state index in [0.717, 1.165) is 0 Å². The second-order valence-corrected chi connectivity index (χ2v) is 4.10. The molecule has 1 aromatic rings. The molecular formula is C8H7NO3S. The van der Waals surface area contributed by atoms with Crippen LogP contribution in [0, 0.1) is 10.1 Å². The maximum atomic E-state index is 10.6. The number of fused-ring (bicyclic) bond motifs is 1. The fourth-order valence-electron chi connectivity index (χ4n) is 1.30. The van der Waals surface area contributed by atoms with Crippen LogP contribution in [0.25, 0.3) is 6.08 Å². The molecule has 0 saturated carbocycles. The van der Waals surface area contributed by atoms with Crippen molar-refractivity contribution in [2.24, 2.45) is 0 Å². The largest absolute Gasteiger partial charge is 0.346 e. The Morgan fingerprint density at radius 3 is 2.92 bits per heavy atom. The third kappa shape index (κ3) is 1.22. The van der Waals surface area contributed by atoms with Gasteiger partial charge in [0.2, 0.25) is 0 Å². The van der Waals surface area contributed by atoms with E-state index in [-0.39, 0.29) is 5.69 Å². The van der Waals surface area contributed by atoms with Crippen molar-refractivity contribution >= 4 is 22.9 Å². The van der Waals surface area contributed by atoms with Gasteiger partial charge in [0.15, 0.2) is 0 Å². The number of nitro benzene ring substituents is 1. The first-order valence-corrected chi connectivity index (χ1v) is 5.00. The number of rotatable bonds is 1. The molecule has 0 amide bonds. The minimum atomic E-state index is -1.31. The van der Waals surface area contributed by atoms with Gasteiger partial charge in [-0.1, -0.05) is 6.07 Å². The van der Waals surface area contributed by atoms with Crippen molar-refractivity contribution < 1.29 is 9.48 Å². The van der Waals surface area contributed by atoms with Crippen molar-refractivity contribution in [1.82, 2.24) is 0 Å². The summed E-state index contributed by atoms with van der Waals surface area (Å²) >= 11 is -1.31. The minimum Gasteiger partial charge on any atom is -0.346 e. The third-order valence-electron chi connectivity index (χ3n) is 1.89. The first-order valence-electron chi connectivity index (χ1n) is 3.64. The first-order chi connectivity index (χ1) is 6.20. The summed E-state index contributed by atoms with van der Waals surface area (Å²) in [5.41, 5.74) is 0.605. The molecule has 1 aliphatic heterocycles. The number of nitrogens with zero attached hydrogens (tertiary/aromatic N) is 1. The second kappa shape index (κ2) is 2.86. The van der Waals surface area contributed by atoms with Crippen LogP contribution in [0.4, 0.5) is 5.69 Å². The number of benzene rings is 1. The Morgan fingerprint density at radius 1 is 1.46 bits per heavy atom. The lowest BCUT2D eigenvalue weighted by Gasteiger charge is -2.05. The quantitative estimate of drug-likeness (QED) is 0.413. The highest BCUT2D eigenvalue weighted by molar-refractivity contribution is 8.15. The molecule has 13 heavy (non-hydrogen) atoms. The molecule has 68 valence electrons. The van der Waals surface area contributed by atoms with Crippen LogP contribution in [0.3, 0.4) is 0 Å². The second-order valence-electron chi connectivity index (χ2n) is 2.63. The molecule has 0 aliphatic carbocycles. The molecule has 0 aromatic heterocycles. The summed E-state index contributed by atoms with van der Waals surface area (Å²) in [5, 5.41) is 12.2. The van der Waals surface area contributed by atoms with Crippen molar-refractivity contribution in [2.45, 2.75) is 4.90 Å². The fraction of sp³-hybridized carbons (Fsp3) is 0. The molecule has 1 unspecified atom stereocenters. The highest BCUT2D eigenvalue weighted by atomic mass is 32.2. The zero-order chi connectivity index (χ0) is 9.42. The van der Waals surface area contributed by atoms with E-state index < -0.39 is 16.1 Å². The third-order valence-corrected chi connectivity index (χ3v) is 3.20. The van der Waals surface area contributed by atoms with E-state index in [1.807, 2.05) is 0 Å². The lowest BCUT2D eigenvalue weighted by Crippen LogP contribution is -1.91. The average molecular weight is 197 g/mol. The van der Waals surface area contributed by atoms with Crippen LogP contribution in [0.2, 0.25) is 0 Å². The molecule has 1 aliphatic rings. The lowest BCUT2D eigenvalue weighted by atomic mass is 10.2. The maximum Gasteiger partial charge on any atom is 0.277 e. The van der Waals surface area contributed by atoms with Crippen LogP contribution in [-0.4, -0.2) is 9.48 Å². The standard InChI is InChI=1S/C8H7NO3S/c10-9(11)7-2-1-3-8-6(7)4-5-13(8)12/h1-5,12-13H. The summed E-state index contributed by atoms with van der Waals surface area (Å²) in [5.74, 6) is 0. The molecule has 2 rings (SSSR count). The van der Waals surface area contributed by atoms with Crippen LogP contribution in [0.15, 0.2) is 28.5 Å². The van der Waals surface area contributed by atoms with Crippen molar-refractivity contribution in [1.29, 1.82) is 0 Å². The Labute approximate surface area is 77.2 Å². The highest BCUT2D eigenvalue weighted by Crippen LogP contribution is 2.45. The number of thiol groups is 1. The maximum absolute atomic E-state index is 10.6. The molecule has 0 bridgehead atoms. The smallest absolute Gasteiger partial charge is 0.277 e. The number of hydrogen-bond acceptors (Lipinski definition) is 3. The Bertz CT molecular complexity index is 402. The summed E-state index contributed by atoms with van der Waals surface area (Å²) in [6.07, 6.45) is 1.61. The van der Waals surface area contributed by atoms with E-state index in [1.165, 1.54) is 6.07 Å². The number of hydrogen-bond donors (Lipinski definition) is 2. The van der Waals surface area contributed by atoms with E-state index in [2.05, 4.69) is 0 Å². The summed E-state index contributed by atoms with van der Waals surface area (Å²) in [4.78, 5) is 10.8. The summed E-state index contributed by atoms with van der Waals surface area (Å²) in [7, 11) is 0. The van der Waals surface area contributed by atoms with Crippen molar-refractivity contribution in [3.05, 3.63) is 39.3 Å². The monoisotopic (exact) mass is 197 g/mol. The molecule has 0 radical (unpaired) electrons. The van der Waals surface area contributed by atoms with Crippen LogP contribution in [-0.2, 0) is 0 Å². The molecule has 0 fully saturated rings. The predicted molar refractivity (Wildman–Crippen MR) is 52.0 cm³/mol. The Hall–Kier alpha value is -1.33. The minimum absolute atomic E-state index is 0.0628. The first kappa shape index (κ1) is 8.28. The lowest BCUT2D eigenvalue weighted by molar-refractivity contribution is -0.385. The predicted octanol–water partition coefficient (Wildman–Crippen LogP) is 2.41. The van der Waals surface area contributed by atoms with Gasteiger partial charge in [-0.05, 0) is 17.6 Å². The average Bonchev–Trinajstić information content (AvgIpc) is 2.48. The van der Waals surface area contributed by atoms with Gasteiger partial charge in [-0.2, -0.15) is 0 Å². The highest BCUT2D eigenvalue weighted by Gasteiger charge is 2.20. The molecule has 4 nitrogen and oxygen atoms in total. The number of nitro groups is 1.